The van der Waals surface area contributed by atoms with Crippen molar-refractivity contribution in [2.45, 2.75) is 0 Å². The second kappa shape index (κ2) is 8.54. The van der Waals surface area contributed by atoms with Crippen molar-refractivity contribution in [1.82, 2.24) is 14.7 Å². The molecule has 9 nitrogen and oxygen atoms in total. The molecule has 0 spiro atoms. The lowest BCUT2D eigenvalue weighted by molar-refractivity contribution is 0.168. The SMILES string of the molecule is COn1c(=O)c(-c2c(Cl)cccc2Cl)cc2c(N)nc(-c3cccc(NS(C)(=O)=O)c3)nc21. The summed E-state index contributed by atoms with van der Waals surface area (Å²) in [6.07, 6.45) is 1.05. The van der Waals surface area contributed by atoms with E-state index in [2.05, 4.69) is 14.7 Å². The van der Waals surface area contributed by atoms with E-state index in [9.17, 15) is 13.2 Å². The monoisotopic (exact) mass is 505 g/mol. The first-order chi connectivity index (χ1) is 15.6. The van der Waals surface area contributed by atoms with Crippen LogP contribution in [0.4, 0.5) is 11.5 Å². The average molecular weight is 506 g/mol. The minimum absolute atomic E-state index is 0.0756. The van der Waals surface area contributed by atoms with Gasteiger partial charge >= 0.3 is 0 Å². The number of fused-ring (bicyclic) bond motifs is 1. The van der Waals surface area contributed by atoms with Crippen LogP contribution in [0.2, 0.25) is 10.0 Å². The Balaban J connectivity index is 1.96. The quantitative estimate of drug-likeness (QED) is 0.424. The Bertz CT molecular complexity index is 1550. The highest BCUT2D eigenvalue weighted by Gasteiger charge is 2.20. The van der Waals surface area contributed by atoms with Crippen molar-refractivity contribution in [1.29, 1.82) is 0 Å². The molecule has 0 saturated heterocycles. The molecule has 4 rings (SSSR count). The maximum absolute atomic E-state index is 13.2. The second-order valence-corrected chi connectivity index (χ2v) is 9.62. The van der Waals surface area contributed by atoms with E-state index in [1.165, 1.54) is 13.2 Å². The Labute approximate surface area is 198 Å². The molecule has 0 unspecified atom stereocenters. The van der Waals surface area contributed by atoms with Crippen molar-refractivity contribution in [2.24, 2.45) is 0 Å². The van der Waals surface area contributed by atoms with E-state index < -0.39 is 15.6 Å². The molecule has 0 aliphatic carbocycles. The number of anilines is 2. The van der Waals surface area contributed by atoms with Gasteiger partial charge in [-0.3, -0.25) is 9.52 Å². The predicted octanol–water partition coefficient (Wildman–Crippen LogP) is 3.44. The molecular formula is C21H17Cl2N5O4S. The number of hydrogen-bond acceptors (Lipinski definition) is 7. The summed E-state index contributed by atoms with van der Waals surface area (Å²) < 4.78 is 26.5. The van der Waals surface area contributed by atoms with E-state index in [-0.39, 0.29) is 32.9 Å². The van der Waals surface area contributed by atoms with Gasteiger partial charge < -0.3 is 10.6 Å². The predicted molar refractivity (Wildman–Crippen MR) is 130 cm³/mol. The molecule has 170 valence electrons. The summed E-state index contributed by atoms with van der Waals surface area (Å²) in [5, 5.41) is 0.914. The molecule has 33 heavy (non-hydrogen) atoms. The summed E-state index contributed by atoms with van der Waals surface area (Å²) in [7, 11) is -2.16. The molecule has 4 aromatic rings. The Morgan fingerprint density at radius 3 is 2.36 bits per heavy atom. The number of aromatic nitrogens is 3. The smallest absolute Gasteiger partial charge is 0.293 e. The van der Waals surface area contributed by atoms with Crippen LogP contribution in [0.25, 0.3) is 33.5 Å². The summed E-state index contributed by atoms with van der Waals surface area (Å²) in [5.74, 6) is 0.248. The van der Waals surface area contributed by atoms with Gasteiger partial charge in [-0.15, -0.1) is 4.73 Å². The van der Waals surface area contributed by atoms with E-state index >= 15 is 0 Å². The van der Waals surface area contributed by atoms with Gasteiger partial charge in [0.1, 0.15) is 12.9 Å². The minimum atomic E-state index is -3.48. The van der Waals surface area contributed by atoms with Crippen LogP contribution < -0.4 is 20.9 Å². The number of rotatable bonds is 5. The molecule has 0 atom stereocenters. The topological polar surface area (TPSA) is 129 Å². The van der Waals surface area contributed by atoms with E-state index in [1.807, 2.05) is 0 Å². The summed E-state index contributed by atoms with van der Waals surface area (Å²) in [6.45, 7) is 0. The lowest BCUT2D eigenvalue weighted by Gasteiger charge is -2.14. The minimum Gasteiger partial charge on any atom is -0.412 e. The summed E-state index contributed by atoms with van der Waals surface area (Å²) >= 11 is 12.6. The number of halogens is 2. The van der Waals surface area contributed by atoms with Gasteiger partial charge in [-0.2, -0.15) is 0 Å². The van der Waals surface area contributed by atoms with Crippen molar-refractivity contribution in [3.05, 3.63) is 68.9 Å². The van der Waals surface area contributed by atoms with Crippen molar-refractivity contribution < 1.29 is 13.3 Å². The fraction of sp³-hybridized carbons (Fsp3) is 0.0952. The fourth-order valence-corrected chi connectivity index (χ4v) is 4.50. The second-order valence-electron chi connectivity index (χ2n) is 7.06. The zero-order chi connectivity index (χ0) is 23.9. The van der Waals surface area contributed by atoms with Gasteiger partial charge in [0.15, 0.2) is 11.5 Å². The van der Waals surface area contributed by atoms with E-state index in [0.29, 0.717) is 22.2 Å². The molecule has 0 bridgehead atoms. The zero-order valence-electron chi connectivity index (χ0n) is 17.3. The van der Waals surface area contributed by atoms with Crippen LogP contribution in [-0.2, 0) is 10.0 Å². The van der Waals surface area contributed by atoms with Gasteiger partial charge in [0.25, 0.3) is 5.56 Å². The Morgan fingerprint density at radius 2 is 1.73 bits per heavy atom. The van der Waals surface area contributed by atoms with Gasteiger partial charge in [0, 0.05) is 16.8 Å². The molecule has 3 N–H and O–H groups in total. The summed E-state index contributed by atoms with van der Waals surface area (Å²) in [4.78, 5) is 27.4. The molecule has 0 fully saturated rings. The molecule has 12 heteroatoms. The third-order valence-corrected chi connectivity index (χ3v) is 5.93. The van der Waals surface area contributed by atoms with Crippen molar-refractivity contribution in [2.75, 3.05) is 23.8 Å². The third-order valence-electron chi connectivity index (χ3n) is 4.69. The van der Waals surface area contributed by atoms with Crippen molar-refractivity contribution in [3.63, 3.8) is 0 Å². The van der Waals surface area contributed by atoms with E-state index in [0.717, 1.165) is 11.0 Å². The molecule has 2 aromatic carbocycles. The van der Waals surface area contributed by atoms with E-state index in [1.54, 1.807) is 42.5 Å². The van der Waals surface area contributed by atoms with Crippen LogP contribution in [0, 0.1) is 0 Å². The molecule has 0 amide bonds. The molecule has 0 aliphatic heterocycles. The van der Waals surface area contributed by atoms with Crippen LogP contribution in [0.15, 0.2) is 53.3 Å². The summed E-state index contributed by atoms with van der Waals surface area (Å²) in [5.41, 5.74) is 7.12. The number of benzene rings is 2. The lowest BCUT2D eigenvalue weighted by atomic mass is 10.1. The Kier molecular flexibility index (Phi) is 5.91. The summed E-state index contributed by atoms with van der Waals surface area (Å²) in [6, 6.07) is 12.9. The number of sulfonamides is 1. The number of hydrogen-bond donors (Lipinski definition) is 2. The normalized spacial score (nSPS) is 11.5. The van der Waals surface area contributed by atoms with Crippen LogP contribution in [0.1, 0.15) is 0 Å². The van der Waals surface area contributed by atoms with Gasteiger partial charge in [0.05, 0.1) is 27.3 Å². The highest BCUT2D eigenvalue weighted by molar-refractivity contribution is 7.92. The van der Waals surface area contributed by atoms with Crippen LogP contribution in [0.3, 0.4) is 0 Å². The number of nitrogens with one attached hydrogen (secondary N) is 1. The average Bonchev–Trinajstić information content (AvgIpc) is 2.73. The first kappa shape index (κ1) is 22.8. The maximum atomic E-state index is 13.2. The molecular weight excluding hydrogens is 489 g/mol. The van der Waals surface area contributed by atoms with Gasteiger partial charge in [-0.05, 0) is 30.3 Å². The molecule has 0 aliphatic rings. The van der Waals surface area contributed by atoms with Crippen molar-refractivity contribution >= 4 is 55.8 Å². The third kappa shape index (κ3) is 4.45. The maximum Gasteiger partial charge on any atom is 0.293 e. The van der Waals surface area contributed by atoms with E-state index in [4.69, 9.17) is 33.8 Å². The lowest BCUT2D eigenvalue weighted by Crippen LogP contribution is -2.27. The van der Waals surface area contributed by atoms with Crippen molar-refractivity contribution in [3.8, 4) is 22.5 Å². The first-order valence-corrected chi connectivity index (χ1v) is 12.0. The molecule has 0 radical (unpaired) electrons. The van der Waals surface area contributed by atoms with Crippen LogP contribution in [0.5, 0.6) is 0 Å². The number of nitrogen functional groups attached to an aromatic ring is 1. The Morgan fingerprint density at radius 1 is 1.06 bits per heavy atom. The largest absolute Gasteiger partial charge is 0.412 e. The highest BCUT2D eigenvalue weighted by atomic mass is 35.5. The van der Waals surface area contributed by atoms with Crippen LogP contribution >= 0.6 is 23.2 Å². The molecule has 2 aromatic heterocycles. The highest BCUT2D eigenvalue weighted by Crippen LogP contribution is 2.35. The molecule has 2 heterocycles. The first-order valence-electron chi connectivity index (χ1n) is 9.39. The van der Waals surface area contributed by atoms with Gasteiger partial charge in [0.2, 0.25) is 10.0 Å². The molecule has 0 saturated carbocycles. The number of nitrogens with zero attached hydrogens (tertiary/aromatic N) is 3. The van der Waals surface area contributed by atoms with Crippen LogP contribution in [-0.4, -0.2) is 36.5 Å². The Hall–Kier alpha value is -3.34. The van der Waals surface area contributed by atoms with Gasteiger partial charge in [-0.1, -0.05) is 41.4 Å². The fourth-order valence-electron chi connectivity index (χ4n) is 3.35. The zero-order valence-corrected chi connectivity index (χ0v) is 19.7. The number of pyridine rings is 1. The number of nitrogens with two attached hydrogens (primary N) is 1. The standard InChI is InChI=1S/C21H17Cl2N5O4S/c1-32-28-20-14(10-13(21(28)29)17-15(22)7-4-8-16(17)23)18(24)25-19(26-20)11-5-3-6-12(9-11)27-33(2,30)31/h3-10,27H,1-2H3,(H2,24,25,26). The van der Waals surface area contributed by atoms with Gasteiger partial charge in [-0.25, -0.2) is 18.4 Å².